The highest BCUT2D eigenvalue weighted by molar-refractivity contribution is 7.99. The van der Waals surface area contributed by atoms with Crippen molar-refractivity contribution in [3.8, 4) is 0 Å². The number of hydrogen-bond donors (Lipinski definition) is 2. The summed E-state index contributed by atoms with van der Waals surface area (Å²) >= 11 is 1.54. The molecule has 0 aromatic carbocycles. The molecule has 0 fully saturated rings. The van der Waals surface area contributed by atoms with Gasteiger partial charge in [-0.25, -0.2) is 4.79 Å². The van der Waals surface area contributed by atoms with Crippen LogP contribution in [-0.4, -0.2) is 37.0 Å². The van der Waals surface area contributed by atoms with Gasteiger partial charge in [-0.05, 0) is 6.92 Å². The molecule has 5 nitrogen and oxygen atoms in total. The fourth-order valence-electron chi connectivity index (χ4n) is 0.757. The van der Waals surface area contributed by atoms with Crippen molar-refractivity contribution in [1.29, 1.82) is 0 Å². The summed E-state index contributed by atoms with van der Waals surface area (Å²) in [5.74, 6) is 0.900. The number of ether oxygens (including phenoxy) is 1. The van der Waals surface area contributed by atoms with E-state index < -0.39 is 5.97 Å². The normalized spacial score (nSPS) is 10.9. The largest absolute Gasteiger partial charge is 0.463 e. The molecule has 86 valence electrons. The third-order valence-corrected chi connectivity index (χ3v) is 2.36. The van der Waals surface area contributed by atoms with Gasteiger partial charge in [-0.2, -0.15) is 11.8 Å². The van der Waals surface area contributed by atoms with Crippen LogP contribution >= 0.6 is 11.8 Å². The zero-order valence-corrected chi connectivity index (χ0v) is 9.51. The van der Waals surface area contributed by atoms with E-state index in [2.05, 4.69) is 5.32 Å². The Bertz CT molecular complexity index is 231. The lowest BCUT2D eigenvalue weighted by atomic mass is 10.4. The van der Waals surface area contributed by atoms with Crippen LogP contribution in [0.25, 0.3) is 0 Å². The predicted molar refractivity (Wildman–Crippen MR) is 60.3 cm³/mol. The first-order valence-electron chi connectivity index (χ1n) is 4.58. The minimum Gasteiger partial charge on any atom is -0.463 e. The quantitative estimate of drug-likeness (QED) is 0.264. The Labute approximate surface area is 93.4 Å². The van der Waals surface area contributed by atoms with Crippen LogP contribution in [0, 0.1) is 0 Å². The molecule has 0 aromatic rings. The van der Waals surface area contributed by atoms with Crippen LogP contribution in [0.3, 0.4) is 0 Å². The first-order chi connectivity index (χ1) is 7.20. The molecule has 0 aliphatic rings. The summed E-state index contributed by atoms with van der Waals surface area (Å²) in [6.45, 7) is 2.68. The third-order valence-electron chi connectivity index (χ3n) is 1.33. The first kappa shape index (κ1) is 13.8. The highest BCUT2D eigenvalue weighted by Crippen LogP contribution is 2.02. The Morgan fingerprint density at radius 2 is 2.33 bits per heavy atom. The van der Waals surface area contributed by atoms with E-state index in [0.717, 1.165) is 5.75 Å². The number of rotatable bonds is 8. The fraction of sp³-hybridized carbons (Fsp3) is 0.556. The minimum atomic E-state index is -0.415. The van der Waals surface area contributed by atoms with Crippen molar-refractivity contribution in [3.05, 3.63) is 11.8 Å². The van der Waals surface area contributed by atoms with Crippen LogP contribution in [0.2, 0.25) is 0 Å². The molecular weight excluding hydrogens is 216 g/mol. The molecule has 0 radical (unpaired) electrons. The highest BCUT2D eigenvalue weighted by atomic mass is 32.2. The Morgan fingerprint density at radius 3 is 2.93 bits per heavy atom. The molecule has 0 aliphatic carbocycles. The van der Waals surface area contributed by atoms with Crippen molar-refractivity contribution >= 4 is 24.1 Å². The monoisotopic (exact) mass is 232 g/mol. The molecule has 0 aliphatic heterocycles. The van der Waals surface area contributed by atoms with Gasteiger partial charge in [0.25, 0.3) is 0 Å². The number of esters is 1. The summed E-state index contributed by atoms with van der Waals surface area (Å²) in [6.07, 6.45) is 1.93. The molecule has 6 heteroatoms. The van der Waals surface area contributed by atoms with E-state index in [0.29, 0.717) is 31.0 Å². The van der Waals surface area contributed by atoms with Gasteiger partial charge in [-0.1, -0.05) is 0 Å². The molecule has 3 N–H and O–H groups in total. The molecule has 0 heterocycles. The van der Waals surface area contributed by atoms with Gasteiger partial charge in [0.2, 0.25) is 6.41 Å². The number of amides is 1. The van der Waals surface area contributed by atoms with Gasteiger partial charge in [0.05, 0.1) is 6.61 Å². The molecule has 0 saturated heterocycles. The van der Waals surface area contributed by atoms with Crippen molar-refractivity contribution in [3.63, 3.8) is 0 Å². The van der Waals surface area contributed by atoms with E-state index in [1.54, 1.807) is 6.92 Å². The molecule has 0 saturated carbocycles. The van der Waals surface area contributed by atoms with Crippen molar-refractivity contribution in [2.45, 2.75) is 6.92 Å². The van der Waals surface area contributed by atoms with E-state index in [9.17, 15) is 9.59 Å². The summed E-state index contributed by atoms with van der Waals surface area (Å²) in [4.78, 5) is 20.8. The second kappa shape index (κ2) is 9.39. The Kier molecular flexibility index (Phi) is 8.66. The summed E-state index contributed by atoms with van der Waals surface area (Å²) < 4.78 is 4.69. The van der Waals surface area contributed by atoms with Crippen LogP contribution < -0.4 is 11.1 Å². The SMILES string of the molecule is CCOC(=O)/C=C(\N)CSCCNC=O. The second-order valence-electron chi connectivity index (χ2n) is 2.60. The number of nitrogens with two attached hydrogens (primary N) is 1. The number of hydrogen-bond acceptors (Lipinski definition) is 5. The molecule has 1 amide bonds. The standard InChI is InChI=1S/C9H16N2O3S/c1-2-14-9(13)5-8(10)6-15-4-3-11-7-12/h5,7H,2-4,6,10H2,1H3,(H,11,12)/b8-5-. The maximum Gasteiger partial charge on any atom is 0.332 e. The van der Waals surface area contributed by atoms with Gasteiger partial charge < -0.3 is 15.8 Å². The summed E-state index contributed by atoms with van der Waals surface area (Å²) in [5, 5.41) is 2.53. The maximum atomic E-state index is 10.9. The lowest BCUT2D eigenvalue weighted by molar-refractivity contribution is -0.137. The maximum absolute atomic E-state index is 10.9. The number of carbonyl (C=O) groups is 2. The lowest BCUT2D eigenvalue weighted by Gasteiger charge is -2.02. The van der Waals surface area contributed by atoms with Gasteiger partial charge in [0, 0.05) is 29.8 Å². The van der Waals surface area contributed by atoms with Gasteiger partial charge >= 0.3 is 5.97 Å². The van der Waals surface area contributed by atoms with Crippen molar-refractivity contribution < 1.29 is 14.3 Å². The zero-order valence-electron chi connectivity index (χ0n) is 8.69. The molecular formula is C9H16N2O3S. The highest BCUT2D eigenvalue weighted by Gasteiger charge is 1.98. The first-order valence-corrected chi connectivity index (χ1v) is 5.73. The minimum absolute atomic E-state index is 0.346. The van der Waals surface area contributed by atoms with Crippen LogP contribution in [-0.2, 0) is 14.3 Å². The predicted octanol–water partition coefficient (Wildman–Crippen LogP) is -0.129. The second-order valence-corrected chi connectivity index (χ2v) is 3.70. The number of thioether (sulfide) groups is 1. The van der Waals surface area contributed by atoms with Gasteiger partial charge in [0.1, 0.15) is 0 Å². The summed E-state index contributed by atoms with van der Waals surface area (Å²) in [6, 6.07) is 0. The molecule has 0 spiro atoms. The Balaban J connectivity index is 3.58. The van der Waals surface area contributed by atoms with E-state index in [1.165, 1.54) is 17.8 Å². The van der Waals surface area contributed by atoms with Crippen molar-refractivity contribution in [2.75, 3.05) is 24.7 Å². The molecule has 15 heavy (non-hydrogen) atoms. The van der Waals surface area contributed by atoms with Gasteiger partial charge in [-0.15, -0.1) is 0 Å². The lowest BCUT2D eigenvalue weighted by Crippen LogP contribution is -2.15. The number of carbonyl (C=O) groups excluding carboxylic acids is 2. The van der Waals surface area contributed by atoms with Crippen LogP contribution in [0.5, 0.6) is 0 Å². The van der Waals surface area contributed by atoms with Crippen LogP contribution in [0.15, 0.2) is 11.8 Å². The van der Waals surface area contributed by atoms with Crippen molar-refractivity contribution in [1.82, 2.24) is 5.32 Å². The average molecular weight is 232 g/mol. The van der Waals surface area contributed by atoms with Crippen LogP contribution in [0.4, 0.5) is 0 Å². The van der Waals surface area contributed by atoms with Crippen molar-refractivity contribution in [2.24, 2.45) is 5.73 Å². The Morgan fingerprint density at radius 1 is 1.60 bits per heavy atom. The average Bonchev–Trinajstić information content (AvgIpc) is 2.17. The van der Waals surface area contributed by atoms with Crippen LogP contribution in [0.1, 0.15) is 6.92 Å². The molecule has 0 unspecified atom stereocenters. The Hall–Kier alpha value is -1.17. The molecule has 0 aromatic heterocycles. The van der Waals surface area contributed by atoms with E-state index in [-0.39, 0.29) is 0 Å². The summed E-state index contributed by atoms with van der Waals surface area (Å²) in [5.41, 5.74) is 6.05. The third kappa shape index (κ3) is 9.14. The molecule has 0 atom stereocenters. The van der Waals surface area contributed by atoms with E-state index in [4.69, 9.17) is 10.5 Å². The fourth-order valence-corrected chi connectivity index (χ4v) is 1.48. The van der Waals surface area contributed by atoms with E-state index >= 15 is 0 Å². The summed E-state index contributed by atoms with van der Waals surface area (Å²) in [7, 11) is 0. The number of nitrogens with one attached hydrogen (secondary N) is 1. The molecule has 0 bridgehead atoms. The smallest absolute Gasteiger partial charge is 0.332 e. The zero-order chi connectivity index (χ0) is 11.5. The van der Waals surface area contributed by atoms with E-state index in [1.807, 2.05) is 0 Å². The van der Waals surface area contributed by atoms with Gasteiger partial charge in [-0.3, -0.25) is 4.79 Å². The topological polar surface area (TPSA) is 81.4 Å². The molecule has 0 rings (SSSR count). The van der Waals surface area contributed by atoms with Gasteiger partial charge in [0.15, 0.2) is 0 Å².